The Morgan fingerprint density at radius 2 is 2.20 bits per heavy atom. The number of carbonyl (C=O) groups excluding carboxylic acids is 1. The topological polar surface area (TPSA) is 52.6 Å². The summed E-state index contributed by atoms with van der Waals surface area (Å²) in [6.45, 7) is 5.20. The van der Waals surface area contributed by atoms with Gasteiger partial charge in [-0.25, -0.2) is 0 Å². The van der Waals surface area contributed by atoms with E-state index in [2.05, 4.69) is 5.32 Å². The van der Waals surface area contributed by atoms with Crippen LogP contribution in [0.15, 0.2) is 0 Å². The first kappa shape index (κ1) is 12.5. The Morgan fingerprint density at radius 1 is 1.53 bits per heavy atom. The molecule has 0 unspecified atom stereocenters. The number of aliphatic hydroxyl groups excluding tert-OH is 1. The number of carbonyl (C=O) groups is 1. The number of hydrogen-bond donors (Lipinski definition) is 2. The van der Waals surface area contributed by atoms with Gasteiger partial charge in [-0.3, -0.25) is 4.79 Å². The maximum Gasteiger partial charge on any atom is 0.224 e. The zero-order valence-corrected chi connectivity index (χ0v) is 9.70. The number of aliphatic hydroxyl groups is 1. The number of nitrogens with zero attached hydrogens (tertiary/aromatic N) is 1. The van der Waals surface area contributed by atoms with Crippen molar-refractivity contribution in [3.63, 3.8) is 0 Å². The van der Waals surface area contributed by atoms with Crippen LogP contribution in [0, 0.1) is 0 Å². The van der Waals surface area contributed by atoms with E-state index in [4.69, 9.17) is 5.11 Å². The zero-order valence-electron chi connectivity index (χ0n) is 9.70. The highest BCUT2D eigenvalue weighted by Crippen LogP contribution is 2.18. The van der Waals surface area contributed by atoms with Crippen LogP contribution in [0.1, 0.15) is 33.1 Å². The van der Waals surface area contributed by atoms with Crippen LogP contribution in [0.5, 0.6) is 0 Å². The van der Waals surface area contributed by atoms with Crippen LogP contribution in [-0.4, -0.2) is 47.7 Å². The van der Waals surface area contributed by atoms with E-state index in [1.165, 1.54) is 12.8 Å². The average Bonchev–Trinajstić information content (AvgIpc) is 2.97. The highest BCUT2D eigenvalue weighted by molar-refractivity contribution is 5.76. The van der Waals surface area contributed by atoms with Gasteiger partial charge in [-0.15, -0.1) is 0 Å². The predicted molar refractivity (Wildman–Crippen MR) is 59.6 cm³/mol. The number of amides is 1. The number of hydrogen-bond acceptors (Lipinski definition) is 3. The molecule has 0 aromatic heterocycles. The van der Waals surface area contributed by atoms with Crippen molar-refractivity contribution in [1.82, 2.24) is 10.2 Å². The summed E-state index contributed by atoms with van der Waals surface area (Å²) in [7, 11) is 0. The van der Waals surface area contributed by atoms with Gasteiger partial charge in [0.2, 0.25) is 5.91 Å². The lowest BCUT2D eigenvalue weighted by Gasteiger charge is -2.26. The maximum absolute atomic E-state index is 11.8. The van der Waals surface area contributed by atoms with Gasteiger partial charge in [0.1, 0.15) is 0 Å². The molecule has 1 fully saturated rings. The van der Waals surface area contributed by atoms with Crippen molar-refractivity contribution in [3.8, 4) is 0 Å². The second-order valence-electron chi connectivity index (χ2n) is 4.38. The lowest BCUT2D eigenvalue weighted by atomic mass is 10.2. The van der Waals surface area contributed by atoms with Crippen molar-refractivity contribution >= 4 is 5.91 Å². The Balaban J connectivity index is 2.20. The van der Waals surface area contributed by atoms with Gasteiger partial charge in [0.15, 0.2) is 0 Å². The second-order valence-corrected chi connectivity index (χ2v) is 4.38. The molecule has 1 aliphatic rings. The molecule has 0 atom stereocenters. The van der Waals surface area contributed by atoms with Gasteiger partial charge in [0, 0.05) is 31.6 Å². The molecule has 0 aromatic rings. The second kappa shape index (κ2) is 6.08. The van der Waals surface area contributed by atoms with Crippen molar-refractivity contribution in [2.45, 2.75) is 45.2 Å². The molecule has 1 saturated carbocycles. The maximum atomic E-state index is 11.8. The molecule has 4 nitrogen and oxygen atoms in total. The Labute approximate surface area is 91.6 Å². The molecule has 4 heteroatoms. The van der Waals surface area contributed by atoms with Crippen molar-refractivity contribution in [2.75, 3.05) is 19.7 Å². The average molecular weight is 214 g/mol. The van der Waals surface area contributed by atoms with E-state index in [0.717, 1.165) is 6.54 Å². The Morgan fingerprint density at radius 3 is 2.67 bits per heavy atom. The monoisotopic (exact) mass is 214 g/mol. The summed E-state index contributed by atoms with van der Waals surface area (Å²) in [5.41, 5.74) is 0. The molecular weight excluding hydrogens is 192 g/mol. The molecule has 0 heterocycles. The number of rotatable bonds is 7. The van der Waals surface area contributed by atoms with Crippen LogP contribution in [0.25, 0.3) is 0 Å². The standard InChI is InChI=1S/C11H22N2O2/c1-9(2)13(7-8-14)11(15)5-6-12-10-3-4-10/h9-10,12,14H,3-8H2,1-2H3. The molecule has 0 saturated heterocycles. The molecule has 1 amide bonds. The lowest BCUT2D eigenvalue weighted by molar-refractivity contribution is -0.133. The molecule has 0 aliphatic heterocycles. The summed E-state index contributed by atoms with van der Waals surface area (Å²) in [4.78, 5) is 13.5. The smallest absolute Gasteiger partial charge is 0.224 e. The van der Waals surface area contributed by atoms with E-state index in [9.17, 15) is 4.79 Å². The van der Waals surface area contributed by atoms with Crippen LogP contribution in [0.4, 0.5) is 0 Å². The third-order valence-corrected chi connectivity index (χ3v) is 2.63. The SMILES string of the molecule is CC(C)N(CCO)C(=O)CCNC1CC1. The summed E-state index contributed by atoms with van der Waals surface area (Å²) in [5.74, 6) is 0.132. The van der Waals surface area contributed by atoms with Crippen LogP contribution >= 0.6 is 0 Å². The van der Waals surface area contributed by atoms with E-state index in [1.807, 2.05) is 13.8 Å². The molecule has 2 N–H and O–H groups in total. The summed E-state index contributed by atoms with van der Waals surface area (Å²) in [6.07, 6.45) is 3.03. The van der Waals surface area contributed by atoms with E-state index in [-0.39, 0.29) is 18.6 Å². The van der Waals surface area contributed by atoms with E-state index in [1.54, 1.807) is 4.90 Å². The van der Waals surface area contributed by atoms with Crippen LogP contribution in [0.2, 0.25) is 0 Å². The zero-order chi connectivity index (χ0) is 11.3. The first-order valence-corrected chi connectivity index (χ1v) is 5.79. The van der Waals surface area contributed by atoms with Gasteiger partial charge in [0.05, 0.1) is 6.61 Å². The van der Waals surface area contributed by atoms with Crippen molar-refractivity contribution in [3.05, 3.63) is 0 Å². The van der Waals surface area contributed by atoms with E-state index < -0.39 is 0 Å². The molecule has 0 spiro atoms. The molecule has 0 radical (unpaired) electrons. The van der Waals surface area contributed by atoms with Crippen LogP contribution in [0.3, 0.4) is 0 Å². The Bertz CT molecular complexity index is 203. The van der Waals surface area contributed by atoms with Gasteiger partial charge in [-0.05, 0) is 26.7 Å². The van der Waals surface area contributed by atoms with Crippen LogP contribution < -0.4 is 5.32 Å². The molecule has 1 aliphatic carbocycles. The Hall–Kier alpha value is -0.610. The molecule has 0 bridgehead atoms. The molecular formula is C11H22N2O2. The first-order valence-electron chi connectivity index (χ1n) is 5.79. The van der Waals surface area contributed by atoms with Crippen molar-refractivity contribution < 1.29 is 9.90 Å². The van der Waals surface area contributed by atoms with Gasteiger partial charge in [0.25, 0.3) is 0 Å². The Kier molecular flexibility index (Phi) is 5.05. The van der Waals surface area contributed by atoms with Gasteiger partial charge in [-0.1, -0.05) is 0 Å². The lowest BCUT2D eigenvalue weighted by Crippen LogP contribution is -2.40. The fourth-order valence-corrected chi connectivity index (χ4v) is 1.59. The highest BCUT2D eigenvalue weighted by Gasteiger charge is 2.21. The molecule has 88 valence electrons. The molecule has 0 aromatic carbocycles. The fraction of sp³-hybridized carbons (Fsp3) is 0.909. The minimum atomic E-state index is 0.0416. The third kappa shape index (κ3) is 4.62. The van der Waals surface area contributed by atoms with E-state index >= 15 is 0 Å². The largest absolute Gasteiger partial charge is 0.395 e. The van der Waals surface area contributed by atoms with Crippen molar-refractivity contribution in [2.24, 2.45) is 0 Å². The quantitative estimate of drug-likeness (QED) is 0.643. The summed E-state index contributed by atoms with van der Waals surface area (Å²) < 4.78 is 0. The van der Waals surface area contributed by atoms with Gasteiger partial charge < -0.3 is 15.3 Å². The predicted octanol–water partition coefficient (Wildman–Crippen LogP) is 0.358. The number of nitrogens with one attached hydrogen (secondary N) is 1. The van der Waals surface area contributed by atoms with Gasteiger partial charge in [-0.2, -0.15) is 0 Å². The first-order chi connectivity index (χ1) is 7.15. The summed E-state index contributed by atoms with van der Waals surface area (Å²) in [5, 5.41) is 12.2. The van der Waals surface area contributed by atoms with Crippen molar-refractivity contribution in [1.29, 1.82) is 0 Å². The highest BCUT2D eigenvalue weighted by atomic mass is 16.3. The van der Waals surface area contributed by atoms with Gasteiger partial charge >= 0.3 is 0 Å². The fourth-order valence-electron chi connectivity index (χ4n) is 1.59. The summed E-state index contributed by atoms with van der Waals surface area (Å²) in [6, 6.07) is 0.828. The summed E-state index contributed by atoms with van der Waals surface area (Å²) >= 11 is 0. The normalized spacial score (nSPS) is 15.7. The molecule has 1 rings (SSSR count). The van der Waals surface area contributed by atoms with E-state index in [0.29, 0.717) is 19.0 Å². The molecule has 15 heavy (non-hydrogen) atoms. The van der Waals surface area contributed by atoms with Crippen LogP contribution in [-0.2, 0) is 4.79 Å². The third-order valence-electron chi connectivity index (χ3n) is 2.63. The minimum Gasteiger partial charge on any atom is -0.395 e. The minimum absolute atomic E-state index is 0.0416.